The van der Waals surface area contributed by atoms with Gasteiger partial charge in [-0.1, -0.05) is 5.10 Å². The van der Waals surface area contributed by atoms with E-state index in [1.54, 1.807) is 7.11 Å². The summed E-state index contributed by atoms with van der Waals surface area (Å²) < 4.78 is 10.1. The van der Waals surface area contributed by atoms with E-state index in [1.165, 1.54) is 0 Å². The number of aromatic nitrogens is 2. The maximum Gasteiger partial charge on any atom is 0.322 e. The molecule has 1 fully saturated rings. The molecule has 94 valence electrons. The Kier molecular flexibility index (Phi) is 3.70. The van der Waals surface area contributed by atoms with Gasteiger partial charge in [-0.05, 0) is 19.3 Å². The molecule has 1 heterocycles. The van der Waals surface area contributed by atoms with Gasteiger partial charge in [-0.25, -0.2) is 0 Å². The molecule has 1 atom stereocenters. The van der Waals surface area contributed by atoms with Crippen LogP contribution in [0.15, 0.2) is 4.42 Å². The standard InChI is InChI=1S/C10H16N4O3/c1-16-5-4-7(11)8(15)12-10-14-13-9(17-10)6-2-3-6/h6-7H,2-5,11H2,1H3,(H,12,14,15). The van der Waals surface area contributed by atoms with E-state index in [1.807, 2.05) is 0 Å². The summed E-state index contributed by atoms with van der Waals surface area (Å²) in [5, 5.41) is 10.1. The Bertz CT molecular complexity index is 389. The number of nitrogens with two attached hydrogens (primary N) is 1. The fourth-order valence-electron chi connectivity index (χ4n) is 1.35. The first-order valence-electron chi connectivity index (χ1n) is 5.59. The third-order valence-corrected chi connectivity index (χ3v) is 2.57. The summed E-state index contributed by atoms with van der Waals surface area (Å²) >= 11 is 0. The van der Waals surface area contributed by atoms with Crippen LogP contribution in [0.3, 0.4) is 0 Å². The van der Waals surface area contributed by atoms with Crippen LogP contribution in [-0.4, -0.2) is 35.9 Å². The summed E-state index contributed by atoms with van der Waals surface area (Å²) in [6, 6.07) is -0.518. The molecule has 17 heavy (non-hydrogen) atoms. The summed E-state index contributed by atoms with van der Waals surface area (Å²) in [7, 11) is 1.56. The molecule has 7 nitrogen and oxygen atoms in total. The topological polar surface area (TPSA) is 103 Å². The quantitative estimate of drug-likeness (QED) is 0.738. The van der Waals surface area contributed by atoms with Crippen molar-refractivity contribution in [2.75, 3.05) is 19.0 Å². The van der Waals surface area contributed by atoms with Crippen molar-refractivity contribution < 1.29 is 13.9 Å². The van der Waals surface area contributed by atoms with Crippen molar-refractivity contribution in [2.24, 2.45) is 5.73 Å². The summed E-state index contributed by atoms with van der Waals surface area (Å²) in [4.78, 5) is 11.6. The van der Waals surface area contributed by atoms with Crippen LogP contribution in [0.2, 0.25) is 0 Å². The molecular formula is C10H16N4O3. The Balaban J connectivity index is 1.83. The van der Waals surface area contributed by atoms with E-state index in [-0.39, 0.29) is 11.9 Å². The minimum atomic E-state index is -0.633. The zero-order valence-corrected chi connectivity index (χ0v) is 9.68. The van der Waals surface area contributed by atoms with Gasteiger partial charge in [-0.15, -0.1) is 5.10 Å². The minimum Gasteiger partial charge on any atom is -0.408 e. The van der Waals surface area contributed by atoms with Gasteiger partial charge >= 0.3 is 6.01 Å². The van der Waals surface area contributed by atoms with Crippen molar-refractivity contribution in [3.63, 3.8) is 0 Å². The second-order valence-corrected chi connectivity index (χ2v) is 4.10. The Morgan fingerprint density at radius 1 is 1.65 bits per heavy atom. The van der Waals surface area contributed by atoms with Gasteiger partial charge in [0.05, 0.1) is 6.04 Å². The summed E-state index contributed by atoms with van der Waals surface area (Å²) in [6.45, 7) is 0.436. The molecule has 3 N–H and O–H groups in total. The van der Waals surface area contributed by atoms with E-state index in [0.717, 1.165) is 12.8 Å². The van der Waals surface area contributed by atoms with Gasteiger partial charge in [0.25, 0.3) is 0 Å². The van der Waals surface area contributed by atoms with Crippen molar-refractivity contribution >= 4 is 11.9 Å². The second kappa shape index (κ2) is 5.24. The van der Waals surface area contributed by atoms with Crippen LogP contribution < -0.4 is 11.1 Å². The lowest BCUT2D eigenvalue weighted by Gasteiger charge is -2.08. The van der Waals surface area contributed by atoms with Crippen LogP contribution in [0.1, 0.15) is 31.1 Å². The first kappa shape index (κ1) is 12.0. The second-order valence-electron chi connectivity index (χ2n) is 4.10. The lowest BCUT2D eigenvalue weighted by molar-refractivity contribution is -0.117. The fraction of sp³-hybridized carbons (Fsp3) is 0.700. The molecule has 1 amide bonds. The molecule has 7 heteroatoms. The van der Waals surface area contributed by atoms with Gasteiger partial charge in [-0.3, -0.25) is 10.1 Å². The molecule has 0 aromatic carbocycles. The fourth-order valence-corrected chi connectivity index (χ4v) is 1.35. The first-order chi connectivity index (χ1) is 8.20. The highest BCUT2D eigenvalue weighted by atomic mass is 16.5. The molecule has 1 aliphatic rings. The molecule has 0 bridgehead atoms. The zero-order valence-electron chi connectivity index (χ0n) is 9.68. The Morgan fingerprint density at radius 3 is 3.06 bits per heavy atom. The maximum atomic E-state index is 11.6. The van der Waals surface area contributed by atoms with Crippen molar-refractivity contribution in [1.82, 2.24) is 10.2 Å². The number of anilines is 1. The van der Waals surface area contributed by atoms with E-state index >= 15 is 0 Å². The summed E-state index contributed by atoms with van der Waals surface area (Å²) in [5.74, 6) is 0.620. The van der Waals surface area contributed by atoms with Crippen LogP contribution in [-0.2, 0) is 9.53 Å². The monoisotopic (exact) mass is 240 g/mol. The van der Waals surface area contributed by atoms with Gasteiger partial charge in [0.1, 0.15) is 0 Å². The van der Waals surface area contributed by atoms with Crippen molar-refractivity contribution in [3.05, 3.63) is 5.89 Å². The molecule has 2 rings (SSSR count). The predicted octanol–water partition coefficient (Wildman–Crippen LogP) is 0.249. The van der Waals surface area contributed by atoms with Crippen LogP contribution in [0, 0.1) is 0 Å². The molecule has 1 aliphatic carbocycles. The third kappa shape index (κ3) is 3.24. The first-order valence-corrected chi connectivity index (χ1v) is 5.59. The number of amides is 1. The maximum absolute atomic E-state index is 11.6. The Hall–Kier alpha value is -1.47. The SMILES string of the molecule is COCCC(N)C(=O)Nc1nnc(C2CC2)o1. The largest absolute Gasteiger partial charge is 0.408 e. The molecular weight excluding hydrogens is 224 g/mol. The smallest absolute Gasteiger partial charge is 0.322 e. The van der Waals surface area contributed by atoms with E-state index in [2.05, 4.69) is 15.5 Å². The average molecular weight is 240 g/mol. The van der Waals surface area contributed by atoms with E-state index < -0.39 is 6.04 Å². The lowest BCUT2D eigenvalue weighted by atomic mass is 10.2. The molecule has 0 spiro atoms. The van der Waals surface area contributed by atoms with E-state index in [9.17, 15) is 4.79 Å². The highest BCUT2D eigenvalue weighted by Gasteiger charge is 2.29. The number of ether oxygens (including phenoxy) is 1. The lowest BCUT2D eigenvalue weighted by Crippen LogP contribution is -2.36. The molecule has 0 aliphatic heterocycles. The summed E-state index contributed by atoms with van der Waals surface area (Å²) in [6.07, 6.45) is 2.60. The molecule has 1 saturated carbocycles. The Labute approximate surface area is 98.7 Å². The number of hydrogen-bond acceptors (Lipinski definition) is 6. The third-order valence-electron chi connectivity index (χ3n) is 2.57. The van der Waals surface area contributed by atoms with Crippen LogP contribution in [0.5, 0.6) is 0 Å². The molecule has 1 aromatic heterocycles. The van der Waals surface area contributed by atoms with Crippen LogP contribution >= 0.6 is 0 Å². The van der Waals surface area contributed by atoms with Crippen molar-refractivity contribution in [2.45, 2.75) is 31.2 Å². The number of rotatable bonds is 6. The number of carbonyl (C=O) groups is 1. The Morgan fingerprint density at radius 2 is 2.41 bits per heavy atom. The highest BCUT2D eigenvalue weighted by molar-refractivity contribution is 5.92. The number of nitrogens with zero attached hydrogens (tertiary/aromatic N) is 2. The van der Waals surface area contributed by atoms with E-state index in [4.69, 9.17) is 14.9 Å². The minimum absolute atomic E-state index is 0.116. The van der Waals surface area contributed by atoms with Gasteiger partial charge in [0.2, 0.25) is 11.8 Å². The predicted molar refractivity (Wildman–Crippen MR) is 59.4 cm³/mol. The number of hydrogen-bond donors (Lipinski definition) is 2. The molecule has 0 radical (unpaired) electrons. The van der Waals surface area contributed by atoms with Gasteiger partial charge in [0, 0.05) is 19.6 Å². The number of methoxy groups -OCH3 is 1. The van der Waals surface area contributed by atoms with Gasteiger partial charge in [0.15, 0.2) is 0 Å². The summed E-state index contributed by atoms with van der Waals surface area (Å²) in [5.41, 5.74) is 5.65. The normalized spacial score (nSPS) is 16.8. The van der Waals surface area contributed by atoms with Crippen molar-refractivity contribution in [1.29, 1.82) is 0 Å². The van der Waals surface area contributed by atoms with E-state index in [0.29, 0.717) is 24.8 Å². The van der Waals surface area contributed by atoms with Gasteiger partial charge in [-0.2, -0.15) is 0 Å². The number of nitrogens with one attached hydrogen (secondary N) is 1. The molecule has 0 saturated heterocycles. The zero-order chi connectivity index (χ0) is 12.3. The van der Waals surface area contributed by atoms with Crippen LogP contribution in [0.25, 0.3) is 0 Å². The highest BCUT2D eigenvalue weighted by Crippen LogP contribution is 2.39. The molecule has 1 unspecified atom stereocenters. The van der Waals surface area contributed by atoms with Crippen LogP contribution in [0.4, 0.5) is 6.01 Å². The molecule has 1 aromatic rings. The van der Waals surface area contributed by atoms with Gasteiger partial charge < -0.3 is 14.9 Å². The van der Waals surface area contributed by atoms with Crippen molar-refractivity contribution in [3.8, 4) is 0 Å². The average Bonchev–Trinajstić information content (AvgIpc) is 3.07. The number of carbonyl (C=O) groups excluding carboxylic acids is 1.